The fourth-order valence-electron chi connectivity index (χ4n) is 2.14. The van der Waals surface area contributed by atoms with Crippen molar-refractivity contribution in [1.82, 2.24) is 0 Å². The molecule has 1 N–H and O–H groups in total. The number of nitrogens with zero attached hydrogens (tertiary/aromatic N) is 1. The van der Waals surface area contributed by atoms with Crippen LogP contribution in [0.25, 0.3) is 0 Å². The molecule has 0 heterocycles. The summed E-state index contributed by atoms with van der Waals surface area (Å²) in [5.41, 5.74) is 2.57. The Hall–Kier alpha value is -2.29. The minimum Gasteiger partial charge on any atom is -0.464 e. The Morgan fingerprint density at radius 3 is 2.15 bits per heavy atom. The first-order chi connectivity index (χ1) is 9.72. The summed E-state index contributed by atoms with van der Waals surface area (Å²) >= 11 is 0. The predicted molar refractivity (Wildman–Crippen MR) is 81.7 cm³/mol. The average molecular weight is 269 g/mol. The van der Waals surface area contributed by atoms with Crippen molar-refractivity contribution in [3.8, 4) is 0 Å². The lowest BCUT2D eigenvalue weighted by atomic mass is 10.1. The quantitative estimate of drug-likeness (QED) is 0.843. The Kier molecular flexibility index (Phi) is 4.77. The molecule has 20 heavy (non-hydrogen) atoms. The summed E-state index contributed by atoms with van der Waals surface area (Å²) in [4.78, 5) is 12.8. The molecule has 0 radical (unpaired) electrons. The number of carbonyl (C=O) groups is 1. The molecule has 2 aromatic rings. The zero-order valence-electron chi connectivity index (χ0n) is 11.6. The van der Waals surface area contributed by atoms with Crippen LogP contribution in [0.1, 0.15) is 25.3 Å². The predicted octanol–water partition coefficient (Wildman–Crippen LogP) is 4.85. The lowest BCUT2D eigenvalue weighted by molar-refractivity contribution is 0.205. The van der Waals surface area contributed by atoms with Crippen molar-refractivity contribution >= 4 is 17.5 Å². The summed E-state index contributed by atoms with van der Waals surface area (Å²) in [6, 6.07) is 16.9. The Balaban J connectivity index is 2.24. The third kappa shape index (κ3) is 3.38. The molecular formula is C17H19NO2. The van der Waals surface area contributed by atoms with Crippen LogP contribution in [0.4, 0.5) is 16.2 Å². The molecule has 0 bridgehead atoms. The lowest BCUT2D eigenvalue weighted by Gasteiger charge is -2.19. The molecule has 0 saturated carbocycles. The fourth-order valence-corrected chi connectivity index (χ4v) is 2.14. The lowest BCUT2D eigenvalue weighted by Crippen LogP contribution is -2.23. The first-order valence-corrected chi connectivity index (χ1v) is 6.89. The van der Waals surface area contributed by atoms with Gasteiger partial charge in [-0.15, -0.1) is 0 Å². The van der Waals surface area contributed by atoms with Gasteiger partial charge in [-0.05, 0) is 42.7 Å². The number of benzene rings is 2. The molecule has 0 saturated heterocycles. The van der Waals surface area contributed by atoms with E-state index in [0.717, 1.165) is 19.3 Å². The van der Waals surface area contributed by atoms with E-state index in [2.05, 4.69) is 6.92 Å². The van der Waals surface area contributed by atoms with Gasteiger partial charge in [-0.25, -0.2) is 9.69 Å². The number of aryl methyl sites for hydroxylation is 1. The van der Waals surface area contributed by atoms with E-state index in [-0.39, 0.29) is 0 Å². The largest absolute Gasteiger partial charge is 0.464 e. The second kappa shape index (κ2) is 6.75. The Morgan fingerprint density at radius 1 is 1.00 bits per heavy atom. The van der Waals surface area contributed by atoms with E-state index in [1.165, 1.54) is 10.5 Å². The van der Waals surface area contributed by atoms with Crippen LogP contribution in [-0.4, -0.2) is 11.2 Å². The van der Waals surface area contributed by atoms with Gasteiger partial charge >= 0.3 is 6.09 Å². The van der Waals surface area contributed by atoms with Crippen molar-refractivity contribution in [1.29, 1.82) is 0 Å². The SMILES string of the molecule is CCCCc1ccc(N(C(=O)O)c2ccccc2)cc1. The summed E-state index contributed by atoms with van der Waals surface area (Å²) in [6.45, 7) is 2.16. The van der Waals surface area contributed by atoms with Gasteiger partial charge in [0.05, 0.1) is 11.4 Å². The van der Waals surface area contributed by atoms with Crippen LogP contribution in [0.15, 0.2) is 54.6 Å². The molecule has 3 nitrogen and oxygen atoms in total. The highest BCUT2D eigenvalue weighted by Gasteiger charge is 2.16. The zero-order valence-corrected chi connectivity index (χ0v) is 11.6. The second-order valence-corrected chi connectivity index (χ2v) is 4.72. The van der Waals surface area contributed by atoms with E-state index in [1.54, 1.807) is 12.1 Å². The van der Waals surface area contributed by atoms with Crippen LogP contribution in [0.2, 0.25) is 0 Å². The molecule has 2 aromatic carbocycles. The van der Waals surface area contributed by atoms with E-state index in [1.807, 2.05) is 42.5 Å². The van der Waals surface area contributed by atoms with Crippen LogP contribution in [-0.2, 0) is 6.42 Å². The number of anilines is 2. The van der Waals surface area contributed by atoms with Crippen molar-refractivity contribution in [2.24, 2.45) is 0 Å². The number of para-hydroxylation sites is 1. The monoisotopic (exact) mass is 269 g/mol. The Morgan fingerprint density at radius 2 is 1.60 bits per heavy atom. The third-order valence-corrected chi connectivity index (χ3v) is 3.22. The summed E-state index contributed by atoms with van der Waals surface area (Å²) in [5, 5.41) is 9.42. The number of unbranched alkanes of at least 4 members (excludes halogenated alkanes) is 1. The van der Waals surface area contributed by atoms with Crippen molar-refractivity contribution < 1.29 is 9.90 Å². The third-order valence-electron chi connectivity index (χ3n) is 3.22. The molecule has 2 rings (SSSR count). The fraction of sp³-hybridized carbons (Fsp3) is 0.235. The molecule has 0 spiro atoms. The van der Waals surface area contributed by atoms with E-state index in [9.17, 15) is 9.90 Å². The van der Waals surface area contributed by atoms with Gasteiger partial charge in [0.25, 0.3) is 0 Å². The molecule has 0 aromatic heterocycles. The number of rotatable bonds is 5. The number of carboxylic acid groups (broad SMARTS) is 1. The topological polar surface area (TPSA) is 40.5 Å². The van der Waals surface area contributed by atoms with Crippen molar-refractivity contribution in [3.63, 3.8) is 0 Å². The highest BCUT2D eigenvalue weighted by molar-refractivity contribution is 5.94. The van der Waals surface area contributed by atoms with Gasteiger partial charge in [0.1, 0.15) is 0 Å². The molecule has 0 atom stereocenters. The number of hydrogen-bond donors (Lipinski definition) is 1. The van der Waals surface area contributed by atoms with Crippen LogP contribution >= 0.6 is 0 Å². The first kappa shape index (κ1) is 14.1. The Labute approximate surface area is 119 Å². The normalized spacial score (nSPS) is 10.2. The molecule has 0 aliphatic rings. The van der Waals surface area contributed by atoms with Crippen LogP contribution in [0, 0.1) is 0 Å². The van der Waals surface area contributed by atoms with E-state index >= 15 is 0 Å². The van der Waals surface area contributed by atoms with E-state index < -0.39 is 6.09 Å². The van der Waals surface area contributed by atoms with Gasteiger partial charge in [0, 0.05) is 0 Å². The highest BCUT2D eigenvalue weighted by atomic mass is 16.4. The molecule has 0 fully saturated rings. The minimum atomic E-state index is -0.975. The van der Waals surface area contributed by atoms with Gasteiger partial charge in [-0.2, -0.15) is 0 Å². The number of hydrogen-bond acceptors (Lipinski definition) is 1. The van der Waals surface area contributed by atoms with Crippen LogP contribution in [0.3, 0.4) is 0 Å². The maximum Gasteiger partial charge on any atom is 0.416 e. The summed E-state index contributed by atoms with van der Waals surface area (Å²) in [6.07, 6.45) is 2.38. The van der Waals surface area contributed by atoms with Crippen molar-refractivity contribution in [2.45, 2.75) is 26.2 Å². The van der Waals surface area contributed by atoms with Gasteiger partial charge in [-0.1, -0.05) is 43.7 Å². The van der Waals surface area contributed by atoms with Gasteiger partial charge in [0.15, 0.2) is 0 Å². The summed E-state index contributed by atoms with van der Waals surface area (Å²) in [7, 11) is 0. The summed E-state index contributed by atoms with van der Waals surface area (Å²) in [5.74, 6) is 0. The van der Waals surface area contributed by atoms with E-state index in [4.69, 9.17) is 0 Å². The van der Waals surface area contributed by atoms with Crippen molar-refractivity contribution in [3.05, 3.63) is 60.2 Å². The molecule has 0 aliphatic heterocycles. The molecule has 3 heteroatoms. The van der Waals surface area contributed by atoms with Gasteiger partial charge in [0.2, 0.25) is 0 Å². The molecule has 0 aliphatic carbocycles. The van der Waals surface area contributed by atoms with Gasteiger partial charge in [-0.3, -0.25) is 0 Å². The van der Waals surface area contributed by atoms with Crippen LogP contribution in [0.5, 0.6) is 0 Å². The highest BCUT2D eigenvalue weighted by Crippen LogP contribution is 2.25. The average Bonchev–Trinajstić information content (AvgIpc) is 2.47. The van der Waals surface area contributed by atoms with Crippen LogP contribution < -0.4 is 4.90 Å². The molecule has 1 amide bonds. The van der Waals surface area contributed by atoms with E-state index in [0.29, 0.717) is 11.4 Å². The van der Waals surface area contributed by atoms with Crippen molar-refractivity contribution in [2.75, 3.05) is 4.90 Å². The molecule has 0 unspecified atom stereocenters. The first-order valence-electron chi connectivity index (χ1n) is 6.89. The molecule has 104 valence electrons. The Bertz CT molecular complexity index is 549. The second-order valence-electron chi connectivity index (χ2n) is 4.72. The summed E-state index contributed by atoms with van der Waals surface area (Å²) < 4.78 is 0. The molecular weight excluding hydrogens is 250 g/mol. The zero-order chi connectivity index (χ0) is 14.4. The maximum absolute atomic E-state index is 11.5. The standard InChI is InChI=1S/C17H19NO2/c1-2-3-7-14-10-12-16(13-11-14)18(17(19)20)15-8-5-4-6-9-15/h4-6,8-13H,2-3,7H2,1H3,(H,19,20). The van der Waals surface area contributed by atoms with Gasteiger partial charge < -0.3 is 5.11 Å². The smallest absolute Gasteiger partial charge is 0.416 e. The minimum absolute atomic E-state index is 0.654. The number of amides is 1. The maximum atomic E-state index is 11.5.